The minimum absolute atomic E-state index is 0.00695. The van der Waals surface area contributed by atoms with Crippen molar-refractivity contribution >= 4 is 40.6 Å². The predicted octanol–water partition coefficient (Wildman–Crippen LogP) is 0.0196. The summed E-state index contributed by atoms with van der Waals surface area (Å²) in [7, 11) is 0. The standard InChI is InChI=1S/C27H31N5O8/c1-14(30-25(37)19(28)12-23(34)35)24(36)31-21(10-15-6-8-17(33)9-7-15)26(38)32-22(27(39)40)11-16-13-29-20-5-3-2-4-18(16)20/h2-9,13-14,19,21-22,29,33H,10-12,28H2,1H3,(H,30,37)(H,31,36)(H,32,38)(H,34,35)(H,39,40). The van der Waals surface area contributed by atoms with Crippen LogP contribution in [0.3, 0.4) is 0 Å². The molecule has 0 fully saturated rings. The van der Waals surface area contributed by atoms with E-state index >= 15 is 0 Å². The number of rotatable bonds is 13. The zero-order valence-corrected chi connectivity index (χ0v) is 21.6. The first kappa shape index (κ1) is 29.6. The molecule has 3 amide bonds. The number of nitrogens with one attached hydrogen (secondary N) is 4. The summed E-state index contributed by atoms with van der Waals surface area (Å²) >= 11 is 0. The minimum Gasteiger partial charge on any atom is -0.508 e. The second-order valence-electron chi connectivity index (χ2n) is 9.33. The van der Waals surface area contributed by atoms with Crippen LogP contribution in [-0.4, -0.2) is 74.1 Å². The number of benzene rings is 2. The minimum atomic E-state index is -1.38. The van der Waals surface area contributed by atoms with E-state index in [1.807, 2.05) is 24.3 Å². The first-order valence-electron chi connectivity index (χ1n) is 12.4. The lowest BCUT2D eigenvalue weighted by atomic mass is 10.0. The fraction of sp³-hybridized carbons (Fsp3) is 0.296. The van der Waals surface area contributed by atoms with Gasteiger partial charge in [0, 0.05) is 29.9 Å². The monoisotopic (exact) mass is 553 g/mol. The Hall–Kier alpha value is -4.91. The number of fused-ring (bicyclic) bond motifs is 1. The maximum absolute atomic E-state index is 13.3. The quantitative estimate of drug-likeness (QED) is 0.143. The number of carbonyl (C=O) groups excluding carboxylic acids is 3. The Morgan fingerprint density at radius 3 is 2.15 bits per heavy atom. The third-order valence-electron chi connectivity index (χ3n) is 6.21. The molecule has 2 aromatic carbocycles. The van der Waals surface area contributed by atoms with Crippen LogP contribution in [-0.2, 0) is 36.8 Å². The van der Waals surface area contributed by atoms with E-state index in [0.29, 0.717) is 11.1 Å². The van der Waals surface area contributed by atoms with Crippen molar-refractivity contribution in [3.63, 3.8) is 0 Å². The largest absolute Gasteiger partial charge is 0.508 e. The highest BCUT2D eigenvalue weighted by Crippen LogP contribution is 2.19. The van der Waals surface area contributed by atoms with Crippen LogP contribution in [0.15, 0.2) is 54.7 Å². The van der Waals surface area contributed by atoms with Crippen molar-refractivity contribution < 1.29 is 39.3 Å². The molecule has 0 saturated carbocycles. The van der Waals surface area contributed by atoms with Crippen molar-refractivity contribution in [3.8, 4) is 5.75 Å². The number of phenolic OH excluding ortho intramolecular Hbond substituents is 1. The molecule has 9 N–H and O–H groups in total. The Morgan fingerprint density at radius 2 is 1.50 bits per heavy atom. The van der Waals surface area contributed by atoms with E-state index in [1.165, 1.54) is 19.1 Å². The number of carbonyl (C=O) groups is 5. The predicted molar refractivity (Wildman–Crippen MR) is 143 cm³/mol. The Labute approximate surface area is 228 Å². The Morgan fingerprint density at radius 1 is 0.850 bits per heavy atom. The van der Waals surface area contributed by atoms with Crippen LogP contribution in [0.2, 0.25) is 0 Å². The highest BCUT2D eigenvalue weighted by Gasteiger charge is 2.30. The molecule has 3 rings (SSSR count). The topological polar surface area (TPSA) is 224 Å². The smallest absolute Gasteiger partial charge is 0.326 e. The second-order valence-corrected chi connectivity index (χ2v) is 9.33. The van der Waals surface area contributed by atoms with Gasteiger partial charge < -0.3 is 42.0 Å². The molecule has 212 valence electrons. The normalized spacial score (nSPS) is 13.9. The summed E-state index contributed by atoms with van der Waals surface area (Å²) in [6.07, 6.45) is 0.941. The van der Waals surface area contributed by atoms with E-state index in [2.05, 4.69) is 20.9 Å². The van der Waals surface area contributed by atoms with Crippen molar-refractivity contribution in [2.45, 2.75) is 50.4 Å². The van der Waals surface area contributed by atoms with Gasteiger partial charge in [0.2, 0.25) is 17.7 Å². The molecular weight excluding hydrogens is 522 g/mol. The number of carboxylic acids is 2. The number of aliphatic carboxylic acids is 2. The third kappa shape index (κ3) is 8.04. The number of carboxylic acid groups (broad SMARTS) is 2. The average molecular weight is 554 g/mol. The van der Waals surface area contributed by atoms with Gasteiger partial charge in [-0.2, -0.15) is 0 Å². The van der Waals surface area contributed by atoms with Gasteiger partial charge in [0.15, 0.2) is 0 Å². The third-order valence-corrected chi connectivity index (χ3v) is 6.21. The van der Waals surface area contributed by atoms with Gasteiger partial charge in [0.1, 0.15) is 23.9 Å². The maximum atomic E-state index is 13.3. The summed E-state index contributed by atoms with van der Waals surface area (Å²) in [6.45, 7) is 1.33. The van der Waals surface area contributed by atoms with Crippen LogP contribution in [0.4, 0.5) is 0 Å². The summed E-state index contributed by atoms with van der Waals surface area (Å²) in [5.74, 6) is -5.00. The summed E-state index contributed by atoms with van der Waals surface area (Å²) in [5.41, 5.74) is 7.58. The summed E-state index contributed by atoms with van der Waals surface area (Å²) in [5, 5.41) is 36.3. The van der Waals surface area contributed by atoms with Gasteiger partial charge in [-0.05, 0) is 36.2 Å². The van der Waals surface area contributed by atoms with Crippen molar-refractivity contribution in [3.05, 3.63) is 65.9 Å². The molecule has 1 heterocycles. The van der Waals surface area contributed by atoms with Crippen LogP contribution in [0.5, 0.6) is 5.75 Å². The fourth-order valence-corrected chi connectivity index (χ4v) is 4.03. The molecule has 0 radical (unpaired) electrons. The van der Waals surface area contributed by atoms with Crippen molar-refractivity contribution in [2.24, 2.45) is 5.73 Å². The van der Waals surface area contributed by atoms with Gasteiger partial charge in [-0.15, -0.1) is 0 Å². The molecule has 4 unspecified atom stereocenters. The van der Waals surface area contributed by atoms with Gasteiger partial charge in [-0.3, -0.25) is 19.2 Å². The van der Waals surface area contributed by atoms with Crippen molar-refractivity contribution in [1.82, 2.24) is 20.9 Å². The molecule has 0 bridgehead atoms. The Bertz CT molecular complexity index is 1390. The van der Waals surface area contributed by atoms with E-state index < -0.39 is 60.2 Å². The Kier molecular flexibility index (Phi) is 9.81. The molecule has 0 aliphatic carbocycles. The second kappa shape index (κ2) is 13.2. The first-order valence-corrected chi connectivity index (χ1v) is 12.4. The molecule has 1 aromatic heterocycles. The Balaban J connectivity index is 1.76. The van der Waals surface area contributed by atoms with E-state index in [0.717, 1.165) is 10.9 Å². The molecule has 13 nitrogen and oxygen atoms in total. The lowest BCUT2D eigenvalue weighted by molar-refractivity contribution is -0.142. The number of amides is 3. The number of hydrogen-bond acceptors (Lipinski definition) is 7. The fourth-order valence-electron chi connectivity index (χ4n) is 4.03. The van der Waals surface area contributed by atoms with Crippen LogP contribution >= 0.6 is 0 Å². The molecule has 0 spiro atoms. The van der Waals surface area contributed by atoms with E-state index in [1.54, 1.807) is 18.3 Å². The maximum Gasteiger partial charge on any atom is 0.326 e. The van der Waals surface area contributed by atoms with Crippen LogP contribution in [0.25, 0.3) is 10.9 Å². The van der Waals surface area contributed by atoms with Gasteiger partial charge >= 0.3 is 11.9 Å². The molecule has 3 aromatic rings. The number of aromatic nitrogens is 1. The SMILES string of the molecule is CC(NC(=O)C(N)CC(=O)O)C(=O)NC(Cc1ccc(O)cc1)C(=O)NC(Cc1c[nH]c2ccccc12)C(=O)O. The van der Waals surface area contributed by atoms with Crippen LogP contribution < -0.4 is 21.7 Å². The number of aromatic hydroxyl groups is 1. The molecule has 4 atom stereocenters. The number of H-pyrrole nitrogens is 1. The van der Waals surface area contributed by atoms with E-state index in [4.69, 9.17) is 10.8 Å². The molecule has 0 aliphatic rings. The molecule has 0 aliphatic heterocycles. The van der Waals surface area contributed by atoms with Gasteiger partial charge in [0.25, 0.3) is 0 Å². The number of hydrogen-bond donors (Lipinski definition) is 8. The van der Waals surface area contributed by atoms with E-state index in [-0.39, 0.29) is 18.6 Å². The molecule has 13 heteroatoms. The van der Waals surface area contributed by atoms with Crippen LogP contribution in [0, 0.1) is 0 Å². The first-order chi connectivity index (χ1) is 18.9. The number of aromatic amines is 1. The van der Waals surface area contributed by atoms with Gasteiger partial charge in [-0.25, -0.2) is 4.79 Å². The molecule has 0 saturated heterocycles. The van der Waals surface area contributed by atoms with Crippen molar-refractivity contribution in [1.29, 1.82) is 0 Å². The zero-order chi connectivity index (χ0) is 29.4. The number of phenols is 1. The highest BCUT2D eigenvalue weighted by molar-refractivity contribution is 5.95. The lowest BCUT2D eigenvalue weighted by Gasteiger charge is -2.24. The molecule has 40 heavy (non-hydrogen) atoms. The average Bonchev–Trinajstić information content (AvgIpc) is 3.31. The van der Waals surface area contributed by atoms with E-state index in [9.17, 15) is 34.2 Å². The zero-order valence-electron chi connectivity index (χ0n) is 21.6. The van der Waals surface area contributed by atoms with Gasteiger partial charge in [0.05, 0.1) is 12.5 Å². The van der Waals surface area contributed by atoms with Crippen molar-refractivity contribution in [2.75, 3.05) is 0 Å². The summed E-state index contributed by atoms with van der Waals surface area (Å²) in [6, 6.07) is 8.03. The van der Waals surface area contributed by atoms with Gasteiger partial charge in [-0.1, -0.05) is 30.3 Å². The van der Waals surface area contributed by atoms with Crippen LogP contribution in [0.1, 0.15) is 24.5 Å². The number of nitrogens with two attached hydrogens (primary N) is 1. The summed E-state index contributed by atoms with van der Waals surface area (Å²) < 4.78 is 0. The number of para-hydroxylation sites is 1. The summed E-state index contributed by atoms with van der Waals surface area (Å²) in [4.78, 5) is 64.3. The highest BCUT2D eigenvalue weighted by atomic mass is 16.4. The lowest BCUT2D eigenvalue weighted by Crippen LogP contribution is -2.57. The molecular formula is C27H31N5O8.